The van der Waals surface area contributed by atoms with E-state index in [4.69, 9.17) is 9.90 Å². The van der Waals surface area contributed by atoms with Gasteiger partial charge in [0.15, 0.2) is 15.7 Å². The number of aromatic nitrogens is 4. The lowest BCUT2D eigenvalue weighted by Crippen LogP contribution is -2.35. The Labute approximate surface area is 222 Å². The van der Waals surface area contributed by atoms with E-state index in [1.54, 1.807) is 12.3 Å². The molecule has 10 nitrogen and oxygen atoms in total. The number of carbonyl (C=O) groups is 2. The maximum Gasteiger partial charge on any atom is 0.490 e. The van der Waals surface area contributed by atoms with Crippen molar-refractivity contribution in [2.45, 2.75) is 57.3 Å². The van der Waals surface area contributed by atoms with Crippen LogP contribution < -0.4 is 0 Å². The molecule has 0 bridgehead atoms. The van der Waals surface area contributed by atoms with Crippen LogP contribution >= 0.6 is 0 Å². The molecule has 0 saturated heterocycles. The highest BCUT2D eigenvalue weighted by Crippen LogP contribution is 2.40. The Morgan fingerprint density at radius 2 is 1.82 bits per heavy atom. The van der Waals surface area contributed by atoms with E-state index in [9.17, 15) is 26.4 Å². The van der Waals surface area contributed by atoms with Gasteiger partial charge < -0.3 is 15.0 Å². The number of rotatable bonds is 5. The Morgan fingerprint density at radius 1 is 1.18 bits per heavy atom. The van der Waals surface area contributed by atoms with E-state index in [-0.39, 0.29) is 16.8 Å². The zero-order valence-electron chi connectivity index (χ0n) is 21.5. The lowest BCUT2D eigenvalue weighted by Gasteiger charge is -2.24. The topological polar surface area (TPSA) is 146 Å². The number of imidazole rings is 1. The van der Waals surface area contributed by atoms with Gasteiger partial charge in [0.1, 0.15) is 5.69 Å². The molecule has 5 rings (SSSR count). The molecule has 0 radical (unpaired) electrons. The van der Waals surface area contributed by atoms with Crippen molar-refractivity contribution in [3.8, 4) is 22.6 Å². The summed E-state index contributed by atoms with van der Waals surface area (Å²) in [5.41, 5.74) is 4.86. The van der Waals surface area contributed by atoms with E-state index in [1.807, 2.05) is 30.9 Å². The highest BCUT2D eigenvalue weighted by atomic mass is 32.2. The van der Waals surface area contributed by atoms with Crippen LogP contribution in [0.4, 0.5) is 13.2 Å². The summed E-state index contributed by atoms with van der Waals surface area (Å²) < 4.78 is 57.1. The molecule has 1 aromatic carbocycles. The number of carbonyl (C=O) groups excluding carboxylic acids is 1. The standard InChI is InChI=1S/C23H25N5O3S.C2HF3O2/c1-12-13(2)26-22(25-12)19-8-17(10-24-27-19)16-7-18-11-28(14(3)15-5-6-15)23(29)21(18)20(9-16)32(4,30)31;3-2(4,5)1(6)7/h7-10,14-15H,5-6,11H2,1-4H3,(H,25,26);(H,6,7). The van der Waals surface area contributed by atoms with Crippen molar-refractivity contribution in [1.29, 1.82) is 0 Å². The van der Waals surface area contributed by atoms with Gasteiger partial charge in [-0.25, -0.2) is 18.2 Å². The molecule has 1 saturated carbocycles. The minimum absolute atomic E-state index is 0.0727. The number of hydrogen-bond donors (Lipinski definition) is 2. The Bertz CT molecular complexity index is 1540. The van der Waals surface area contributed by atoms with Crippen LogP contribution in [0, 0.1) is 19.8 Å². The minimum Gasteiger partial charge on any atom is -0.475 e. The van der Waals surface area contributed by atoms with Crippen LogP contribution in [0.15, 0.2) is 29.3 Å². The Hall–Kier alpha value is -3.81. The molecule has 1 unspecified atom stereocenters. The molecule has 208 valence electrons. The number of aliphatic carboxylic acids is 1. The second kappa shape index (κ2) is 10.1. The molecule has 1 amide bonds. The van der Waals surface area contributed by atoms with Crippen molar-refractivity contribution in [1.82, 2.24) is 25.1 Å². The van der Waals surface area contributed by atoms with Crippen LogP contribution in [0.1, 0.15) is 47.1 Å². The molecule has 2 aliphatic rings. The van der Waals surface area contributed by atoms with Gasteiger partial charge in [-0.3, -0.25) is 4.79 Å². The van der Waals surface area contributed by atoms with Crippen molar-refractivity contribution in [3.05, 3.63) is 46.9 Å². The van der Waals surface area contributed by atoms with Crippen LogP contribution in [-0.4, -0.2) is 68.9 Å². The average Bonchev–Trinajstić information content (AvgIpc) is 3.58. The van der Waals surface area contributed by atoms with Gasteiger partial charge in [-0.1, -0.05) is 0 Å². The van der Waals surface area contributed by atoms with Crippen LogP contribution in [-0.2, 0) is 21.2 Å². The van der Waals surface area contributed by atoms with Crippen LogP contribution in [0.25, 0.3) is 22.6 Å². The van der Waals surface area contributed by atoms with Gasteiger partial charge in [0.25, 0.3) is 5.91 Å². The number of halogens is 3. The third-order valence-electron chi connectivity index (χ3n) is 6.80. The Balaban J connectivity index is 0.000000448. The zero-order valence-corrected chi connectivity index (χ0v) is 22.3. The number of carboxylic acids is 1. The van der Waals surface area contributed by atoms with Crippen LogP contribution in [0.5, 0.6) is 0 Å². The number of amides is 1. The first kappa shape index (κ1) is 28.2. The number of nitrogens with one attached hydrogen (secondary N) is 1. The summed E-state index contributed by atoms with van der Waals surface area (Å²) in [6.45, 7) is 6.32. The minimum atomic E-state index is -5.08. The molecule has 3 aromatic rings. The molecule has 1 atom stereocenters. The fourth-order valence-electron chi connectivity index (χ4n) is 4.37. The fraction of sp³-hybridized carbons (Fsp3) is 0.400. The molecule has 3 heterocycles. The van der Waals surface area contributed by atoms with Crippen molar-refractivity contribution in [2.75, 3.05) is 6.26 Å². The van der Waals surface area contributed by atoms with E-state index < -0.39 is 22.0 Å². The summed E-state index contributed by atoms with van der Waals surface area (Å²) in [4.78, 5) is 31.6. The molecular formula is C25H26F3N5O5S. The summed E-state index contributed by atoms with van der Waals surface area (Å²) in [6.07, 6.45) is -0.107. The maximum absolute atomic E-state index is 13.2. The third kappa shape index (κ3) is 5.95. The molecule has 1 aliphatic carbocycles. The highest BCUT2D eigenvalue weighted by Gasteiger charge is 2.41. The van der Waals surface area contributed by atoms with E-state index >= 15 is 0 Å². The van der Waals surface area contributed by atoms with Crippen molar-refractivity contribution >= 4 is 21.7 Å². The molecule has 2 aromatic heterocycles. The SMILES string of the molecule is Cc1nc(-c2cc(-c3cc4c(c(S(C)(=O)=O)c3)C(=O)N(C(C)C3CC3)C4)cnn2)[nH]c1C.O=C(O)C(F)(F)F. The number of alkyl halides is 3. The monoisotopic (exact) mass is 565 g/mol. The smallest absolute Gasteiger partial charge is 0.475 e. The van der Waals surface area contributed by atoms with Crippen molar-refractivity contribution in [3.63, 3.8) is 0 Å². The highest BCUT2D eigenvalue weighted by molar-refractivity contribution is 7.90. The quantitative estimate of drug-likeness (QED) is 0.473. The molecule has 14 heteroatoms. The predicted molar refractivity (Wildman–Crippen MR) is 133 cm³/mol. The number of benzene rings is 1. The predicted octanol–water partition coefficient (Wildman–Crippen LogP) is 3.94. The van der Waals surface area contributed by atoms with Gasteiger partial charge in [-0.15, -0.1) is 5.10 Å². The number of H-pyrrole nitrogens is 1. The first-order valence-electron chi connectivity index (χ1n) is 11.9. The van der Waals surface area contributed by atoms with Gasteiger partial charge in [-0.2, -0.15) is 18.3 Å². The molecule has 39 heavy (non-hydrogen) atoms. The average molecular weight is 566 g/mol. The second-order valence-corrected chi connectivity index (χ2v) is 11.7. The zero-order chi connectivity index (χ0) is 28.9. The first-order chi connectivity index (χ1) is 18.1. The normalized spacial score (nSPS) is 16.0. The third-order valence-corrected chi connectivity index (χ3v) is 7.92. The summed E-state index contributed by atoms with van der Waals surface area (Å²) in [6, 6.07) is 5.42. The van der Waals surface area contributed by atoms with E-state index in [0.717, 1.165) is 41.6 Å². The van der Waals surface area contributed by atoms with Crippen LogP contribution in [0.3, 0.4) is 0 Å². The maximum atomic E-state index is 13.2. The van der Waals surface area contributed by atoms with E-state index in [0.29, 0.717) is 35.1 Å². The summed E-state index contributed by atoms with van der Waals surface area (Å²) in [7, 11) is -3.61. The molecule has 0 spiro atoms. The summed E-state index contributed by atoms with van der Waals surface area (Å²) >= 11 is 0. The van der Waals surface area contributed by atoms with E-state index in [1.165, 1.54) is 0 Å². The van der Waals surface area contributed by atoms with Gasteiger partial charge in [0, 0.05) is 30.1 Å². The van der Waals surface area contributed by atoms with E-state index in [2.05, 4.69) is 27.1 Å². The Morgan fingerprint density at radius 3 is 2.33 bits per heavy atom. The number of nitrogens with zero attached hydrogens (tertiary/aromatic N) is 4. The van der Waals surface area contributed by atoms with Gasteiger partial charge in [0.2, 0.25) is 0 Å². The van der Waals surface area contributed by atoms with Crippen molar-refractivity contribution < 1.29 is 36.3 Å². The summed E-state index contributed by atoms with van der Waals surface area (Å²) in [5.74, 6) is -1.84. The number of aromatic amines is 1. The molecular weight excluding hydrogens is 539 g/mol. The number of fused-ring (bicyclic) bond motifs is 1. The molecule has 2 N–H and O–H groups in total. The first-order valence-corrected chi connectivity index (χ1v) is 13.8. The molecule has 1 fully saturated rings. The lowest BCUT2D eigenvalue weighted by molar-refractivity contribution is -0.192. The number of sulfone groups is 1. The number of aryl methyl sites for hydroxylation is 2. The molecule has 1 aliphatic heterocycles. The van der Waals surface area contributed by atoms with Gasteiger partial charge in [0.05, 0.1) is 22.3 Å². The fourth-order valence-corrected chi connectivity index (χ4v) is 5.30. The number of hydrogen-bond acceptors (Lipinski definition) is 7. The van der Waals surface area contributed by atoms with Crippen molar-refractivity contribution in [2.24, 2.45) is 5.92 Å². The van der Waals surface area contributed by atoms with Gasteiger partial charge >= 0.3 is 12.1 Å². The lowest BCUT2D eigenvalue weighted by atomic mass is 10.0. The Kier molecular flexibility index (Phi) is 7.27. The van der Waals surface area contributed by atoms with Crippen LogP contribution in [0.2, 0.25) is 0 Å². The van der Waals surface area contributed by atoms with Gasteiger partial charge in [-0.05, 0) is 68.9 Å². The summed E-state index contributed by atoms with van der Waals surface area (Å²) in [5, 5.41) is 15.4. The largest absolute Gasteiger partial charge is 0.490 e. The number of carboxylic acid groups (broad SMARTS) is 1. The second-order valence-electron chi connectivity index (χ2n) is 9.72.